The van der Waals surface area contributed by atoms with Crippen molar-refractivity contribution >= 4 is 0 Å². The number of aliphatic hydroxyl groups excluding tert-OH is 2. The fourth-order valence-electron chi connectivity index (χ4n) is 0.476. The average Bonchev–Trinajstić information content (AvgIpc) is 1.83. The van der Waals surface area contributed by atoms with Crippen LogP contribution in [0.1, 0.15) is 12.8 Å². The van der Waals surface area contributed by atoms with Crippen molar-refractivity contribution in [1.82, 2.24) is 0 Å². The lowest BCUT2D eigenvalue weighted by Gasteiger charge is -2.06. The minimum Gasteiger partial charge on any atom is -0.396 e. The van der Waals surface area contributed by atoms with Gasteiger partial charge in [0, 0.05) is 19.1 Å². The maximum Gasteiger partial charge on any atom is 0.0481 e. The molecule has 0 aromatic heterocycles. The Balaban J connectivity index is 3.07. The van der Waals surface area contributed by atoms with Gasteiger partial charge in [0.2, 0.25) is 0 Å². The lowest BCUT2D eigenvalue weighted by molar-refractivity contribution is 0.144. The highest BCUT2D eigenvalue weighted by molar-refractivity contribution is 4.55. The molecule has 2 nitrogen and oxygen atoms in total. The number of hydrogen-bond acceptors (Lipinski definition) is 2. The number of rotatable bonds is 4. The maximum absolute atomic E-state index is 8.44. The maximum atomic E-state index is 8.44. The summed E-state index contributed by atoms with van der Waals surface area (Å²) in [6.07, 6.45) is 1.23. The zero-order valence-electron chi connectivity index (χ0n) is 4.88. The van der Waals surface area contributed by atoms with Crippen molar-refractivity contribution in [2.24, 2.45) is 5.92 Å². The molecule has 0 amide bonds. The van der Waals surface area contributed by atoms with Crippen LogP contribution in [0.2, 0.25) is 0 Å². The fourth-order valence-corrected chi connectivity index (χ4v) is 0.476. The third kappa shape index (κ3) is 2.99. The molecule has 0 spiro atoms. The monoisotopic (exact) mass is 116 g/mol. The van der Waals surface area contributed by atoms with E-state index in [0.717, 1.165) is 0 Å². The van der Waals surface area contributed by atoms with Crippen LogP contribution in [-0.4, -0.2) is 23.4 Å². The van der Waals surface area contributed by atoms with E-state index in [9.17, 15) is 0 Å². The van der Waals surface area contributed by atoms with Gasteiger partial charge in [-0.25, -0.2) is 0 Å². The van der Waals surface area contributed by atoms with Gasteiger partial charge in [-0.15, -0.1) is 0 Å². The standard InChI is InChI=1S/C6H12O2/c1-2-3-6(4-7)5-8/h1,6-8H,2-5H2. The van der Waals surface area contributed by atoms with Gasteiger partial charge in [-0.1, -0.05) is 0 Å². The second-order valence-electron chi connectivity index (χ2n) is 1.81. The Bertz CT molecular complexity index is 41.8. The summed E-state index contributed by atoms with van der Waals surface area (Å²) in [7, 11) is 0. The SMILES string of the molecule is [CH]CCC(CO)CO. The highest BCUT2D eigenvalue weighted by Crippen LogP contribution is 2.01. The lowest BCUT2D eigenvalue weighted by Crippen LogP contribution is -2.09. The van der Waals surface area contributed by atoms with E-state index >= 15 is 0 Å². The molecule has 2 radical (unpaired) electrons. The van der Waals surface area contributed by atoms with E-state index < -0.39 is 0 Å². The average molecular weight is 116 g/mol. The van der Waals surface area contributed by atoms with Crippen molar-refractivity contribution in [2.75, 3.05) is 13.2 Å². The van der Waals surface area contributed by atoms with E-state index in [-0.39, 0.29) is 19.1 Å². The second-order valence-corrected chi connectivity index (χ2v) is 1.81. The highest BCUT2D eigenvalue weighted by atomic mass is 16.3. The molecule has 2 heteroatoms. The summed E-state index contributed by atoms with van der Waals surface area (Å²) >= 11 is 0. The van der Waals surface area contributed by atoms with Crippen molar-refractivity contribution < 1.29 is 10.2 Å². The Labute approximate surface area is 50.2 Å². The van der Waals surface area contributed by atoms with E-state index in [0.29, 0.717) is 12.8 Å². The summed E-state index contributed by atoms with van der Waals surface area (Å²) in [5, 5.41) is 16.9. The van der Waals surface area contributed by atoms with Gasteiger partial charge in [0.15, 0.2) is 0 Å². The topological polar surface area (TPSA) is 40.5 Å². The van der Waals surface area contributed by atoms with Crippen molar-refractivity contribution in [2.45, 2.75) is 12.8 Å². The van der Waals surface area contributed by atoms with Crippen molar-refractivity contribution in [3.05, 3.63) is 6.92 Å². The molecule has 0 rings (SSSR count). The molecule has 48 valence electrons. The first-order valence-electron chi connectivity index (χ1n) is 2.77. The molecule has 0 aliphatic carbocycles. The zero-order chi connectivity index (χ0) is 6.41. The molecule has 0 heterocycles. The quantitative estimate of drug-likeness (QED) is 0.546. The van der Waals surface area contributed by atoms with Crippen LogP contribution in [0.4, 0.5) is 0 Å². The minimum absolute atomic E-state index is 0.0139. The number of hydrogen-bond donors (Lipinski definition) is 2. The molecular formula is C6H12O2. The van der Waals surface area contributed by atoms with Crippen LogP contribution in [0.3, 0.4) is 0 Å². The second kappa shape index (κ2) is 5.06. The zero-order valence-corrected chi connectivity index (χ0v) is 4.88. The minimum atomic E-state index is -0.0139. The normalized spacial score (nSPS) is 10.5. The third-order valence-corrected chi connectivity index (χ3v) is 1.09. The van der Waals surface area contributed by atoms with Gasteiger partial charge in [0.1, 0.15) is 0 Å². The van der Waals surface area contributed by atoms with Crippen LogP contribution in [0.25, 0.3) is 0 Å². The molecule has 0 saturated heterocycles. The van der Waals surface area contributed by atoms with Crippen LogP contribution < -0.4 is 0 Å². The van der Waals surface area contributed by atoms with Crippen molar-refractivity contribution in [3.63, 3.8) is 0 Å². The Morgan fingerprint density at radius 2 is 1.75 bits per heavy atom. The van der Waals surface area contributed by atoms with E-state index in [1.54, 1.807) is 0 Å². The van der Waals surface area contributed by atoms with E-state index in [4.69, 9.17) is 17.1 Å². The molecule has 0 aromatic rings. The predicted molar refractivity (Wildman–Crippen MR) is 31.2 cm³/mol. The van der Waals surface area contributed by atoms with Crippen LogP contribution >= 0.6 is 0 Å². The Morgan fingerprint density at radius 1 is 1.25 bits per heavy atom. The first-order valence-corrected chi connectivity index (χ1v) is 2.77. The molecule has 0 fully saturated rings. The van der Waals surface area contributed by atoms with E-state index in [1.807, 2.05) is 0 Å². The Morgan fingerprint density at radius 3 is 1.88 bits per heavy atom. The van der Waals surface area contributed by atoms with Gasteiger partial charge in [0.05, 0.1) is 0 Å². The summed E-state index contributed by atoms with van der Waals surface area (Å²) < 4.78 is 0. The predicted octanol–water partition coefficient (Wildman–Crippen LogP) is 0.0785. The molecule has 0 aliphatic heterocycles. The first-order chi connectivity index (χ1) is 3.85. The van der Waals surface area contributed by atoms with E-state index in [2.05, 4.69) is 0 Å². The summed E-state index contributed by atoms with van der Waals surface area (Å²) in [4.78, 5) is 0. The molecule has 8 heavy (non-hydrogen) atoms. The Hall–Kier alpha value is -0.0800. The van der Waals surface area contributed by atoms with Crippen molar-refractivity contribution in [1.29, 1.82) is 0 Å². The van der Waals surface area contributed by atoms with Crippen LogP contribution in [-0.2, 0) is 0 Å². The van der Waals surface area contributed by atoms with Crippen LogP contribution in [0.5, 0.6) is 0 Å². The lowest BCUT2D eigenvalue weighted by atomic mass is 10.1. The fraction of sp³-hybridized carbons (Fsp3) is 0.833. The molecule has 0 aliphatic rings. The molecule has 0 bridgehead atoms. The van der Waals surface area contributed by atoms with Gasteiger partial charge >= 0.3 is 0 Å². The largest absolute Gasteiger partial charge is 0.396 e. The van der Waals surface area contributed by atoms with Gasteiger partial charge in [0.25, 0.3) is 0 Å². The Kier molecular flexibility index (Phi) is 5.01. The highest BCUT2D eigenvalue weighted by Gasteiger charge is 2.01. The van der Waals surface area contributed by atoms with Crippen LogP contribution in [0, 0.1) is 12.8 Å². The summed E-state index contributed by atoms with van der Waals surface area (Å²) in [5.74, 6) is -0.0139. The first kappa shape index (κ1) is 7.92. The molecule has 0 unspecified atom stereocenters. The smallest absolute Gasteiger partial charge is 0.0481 e. The van der Waals surface area contributed by atoms with Crippen molar-refractivity contribution in [3.8, 4) is 0 Å². The van der Waals surface area contributed by atoms with Gasteiger partial charge in [-0.2, -0.15) is 0 Å². The van der Waals surface area contributed by atoms with Gasteiger partial charge < -0.3 is 10.2 Å². The molecule has 0 aromatic carbocycles. The molecule has 2 N–H and O–H groups in total. The van der Waals surface area contributed by atoms with Gasteiger partial charge in [-0.05, 0) is 19.8 Å². The molecule has 0 atom stereocenters. The van der Waals surface area contributed by atoms with E-state index in [1.165, 1.54) is 0 Å². The van der Waals surface area contributed by atoms with Gasteiger partial charge in [-0.3, -0.25) is 0 Å². The summed E-state index contributed by atoms with van der Waals surface area (Å²) in [6, 6.07) is 0. The summed E-state index contributed by atoms with van der Waals surface area (Å²) in [5.41, 5.74) is 0. The number of aliphatic hydroxyl groups is 2. The molecule has 0 saturated carbocycles. The van der Waals surface area contributed by atoms with Crippen LogP contribution in [0.15, 0.2) is 0 Å². The summed E-state index contributed by atoms with van der Waals surface area (Å²) in [6.45, 7) is 5.23. The third-order valence-electron chi connectivity index (χ3n) is 1.09. The molecular weight excluding hydrogens is 104 g/mol.